The minimum Gasteiger partial charge on any atom is -0.465 e. The molecule has 282 valence electrons. The first-order valence-corrected chi connectivity index (χ1v) is 18.9. The summed E-state index contributed by atoms with van der Waals surface area (Å²) < 4.78 is 0. The highest BCUT2D eigenvalue weighted by Gasteiger charge is 2.56. The lowest BCUT2D eigenvalue weighted by molar-refractivity contribution is -0.135. The number of carboxylic acid groups (broad SMARTS) is 2. The summed E-state index contributed by atoms with van der Waals surface area (Å²) in [4.78, 5) is 69.7. The van der Waals surface area contributed by atoms with Crippen LogP contribution in [0, 0.1) is 10.8 Å². The molecular weight excluding hydrogens is 688 g/mol. The molecule has 4 aromatic rings. The minimum absolute atomic E-state index is 0.101. The molecule has 14 heteroatoms. The fourth-order valence-corrected chi connectivity index (χ4v) is 8.50. The Labute approximate surface area is 312 Å². The van der Waals surface area contributed by atoms with Crippen LogP contribution in [0.15, 0.2) is 60.9 Å². The number of benzene rings is 2. The minimum atomic E-state index is -1.20. The number of nitrogens with zero attached hydrogens (tertiary/aromatic N) is 4. The molecule has 4 atom stereocenters. The second-order valence-electron chi connectivity index (χ2n) is 15.7. The first kappa shape index (κ1) is 35.4. The van der Waals surface area contributed by atoms with Crippen LogP contribution in [0.1, 0.15) is 88.9 Å². The van der Waals surface area contributed by atoms with E-state index in [0.29, 0.717) is 37.6 Å². The maximum Gasteiger partial charge on any atom is 0.405 e. The summed E-state index contributed by atoms with van der Waals surface area (Å²) in [5, 5.41) is 23.3. The smallest absolute Gasteiger partial charge is 0.405 e. The van der Waals surface area contributed by atoms with Gasteiger partial charge in [-0.3, -0.25) is 9.59 Å². The van der Waals surface area contributed by atoms with Crippen molar-refractivity contribution in [2.24, 2.45) is 10.8 Å². The Hall–Kier alpha value is -5.66. The van der Waals surface area contributed by atoms with Gasteiger partial charge in [0.2, 0.25) is 11.8 Å². The predicted molar refractivity (Wildman–Crippen MR) is 199 cm³/mol. The van der Waals surface area contributed by atoms with Gasteiger partial charge in [0.05, 0.1) is 23.5 Å². The molecule has 4 heterocycles. The van der Waals surface area contributed by atoms with Crippen LogP contribution in [0.4, 0.5) is 9.59 Å². The van der Waals surface area contributed by atoms with Crippen molar-refractivity contribution in [1.29, 1.82) is 0 Å². The number of imidazole rings is 2. The number of hydrogen-bond donors (Lipinski definition) is 6. The maximum absolute atomic E-state index is 13.5. The standard InChI is InChI=1S/C40H46N8O6/c1-3-27(45-37(51)52)35(49)47-21-39(13-14-39)17-31(47)33-41-19-29(43-33)25-9-5-23(6-10-25)24-7-11-26(12-8-24)30-20-42-34(44-30)32-18-40(15-16-40)22-48(32)36(50)28(4-2)46-38(53)54/h5-12,19-20,27-28,31-32,45-46H,3-4,13-18,21-22H2,1-2H3,(H,41,43)(H,42,44)(H,51,52)(H,53,54)/t27-,28-,31-,32-/m0/s1. The molecule has 2 aromatic carbocycles. The van der Waals surface area contributed by atoms with Gasteiger partial charge in [0.15, 0.2) is 0 Å². The number of carbonyl (C=O) groups excluding carboxylic acids is 2. The largest absolute Gasteiger partial charge is 0.465 e. The van der Waals surface area contributed by atoms with Gasteiger partial charge in [-0.1, -0.05) is 62.4 Å². The maximum atomic E-state index is 13.5. The van der Waals surface area contributed by atoms with E-state index in [1.165, 1.54) is 0 Å². The number of nitrogens with one attached hydrogen (secondary N) is 4. The van der Waals surface area contributed by atoms with Crippen molar-refractivity contribution >= 4 is 24.0 Å². The van der Waals surface area contributed by atoms with Crippen molar-refractivity contribution < 1.29 is 29.4 Å². The Morgan fingerprint density at radius 3 is 1.33 bits per heavy atom. The summed E-state index contributed by atoms with van der Waals surface area (Å²) in [6.45, 7) is 4.85. The highest BCUT2D eigenvalue weighted by Crippen LogP contribution is 2.59. The number of H-pyrrole nitrogens is 2. The first-order chi connectivity index (χ1) is 26.0. The molecule has 2 aromatic heterocycles. The van der Waals surface area contributed by atoms with E-state index in [0.717, 1.165) is 72.2 Å². The summed E-state index contributed by atoms with van der Waals surface area (Å²) >= 11 is 0. The van der Waals surface area contributed by atoms with E-state index >= 15 is 0 Å². The van der Waals surface area contributed by atoms with Gasteiger partial charge in [-0.15, -0.1) is 0 Å². The Bertz CT molecular complexity index is 1920. The van der Waals surface area contributed by atoms with Gasteiger partial charge in [-0.25, -0.2) is 19.6 Å². The number of aromatic amines is 2. The molecule has 14 nitrogen and oxygen atoms in total. The molecule has 0 bridgehead atoms. The Morgan fingerprint density at radius 1 is 0.667 bits per heavy atom. The molecule has 4 aliphatic rings. The summed E-state index contributed by atoms with van der Waals surface area (Å²) in [5.41, 5.74) is 5.72. The van der Waals surface area contributed by atoms with E-state index in [-0.39, 0.29) is 34.7 Å². The van der Waals surface area contributed by atoms with Gasteiger partial charge < -0.3 is 40.6 Å². The second-order valence-corrected chi connectivity index (χ2v) is 15.7. The zero-order valence-electron chi connectivity index (χ0n) is 30.5. The van der Waals surface area contributed by atoms with Crippen molar-refractivity contribution in [3.05, 3.63) is 72.6 Å². The van der Waals surface area contributed by atoms with Crippen LogP contribution < -0.4 is 10.6 Å². The molecule has 2 saturated heterocycles. The normalized spacial score (nSPS) is 21.6. The zero-order chi connectivity index (χ0) is 37.8. The quantitative estimate of drug-likeness (QED) is 0.103. The summed E-state index contributed by atoms with van der Waals surface area (Å²) in [6, 6.07) is 14.3. The average Bonchev–Trinajstić information content (AvgIpc) is 3.74. The summed E-state index contributed by atoms with van der Waals surface area (Å²) in [6.07, 6.45) is 7.96. The van der Waals surface area contributed by atoms with Crippen LogP contribution >= 0.6 is 0 Å². The third kappa shape index (κ3) is 6.80. The van der Waals surface area contributed by atoms with Crippen LogP contribution in [0.25, 0.3) is 33.6 Å². The number of rotatable bonds is 11. The molecule has 2 aliphatic carbocycles. The van der Waals surface area contributed by atoms with Crippen molar-refractivity contribution in [2.75, 3.05) is 13.1 Å². The van der Waals surface area contributed by atoms with E-state index in [1.54, 1.807) is 13.8 Å². The second kappa shape index (κ2) is 13.6. The molecule has 6 N–H and O–H groups in total. The third-order valence-electron chi connectivity index (χ3n) is 12.0. The van der Waals surface area contributed by atoms with E-state index in [2.05, 4.69) is 44.9 Å². The van der Waals surface area contributed by atoms with Crippen LogP contribution in [0.3, 0.4) is 0 Å². The Kier molecular flexibility index (Phi) is 8.93. The molecule has 2 spiro atoms. The number of aromatic nitrogens is 4. The lowest BCUT2D eigenvalue weighted by Gasteiger charge is -2.27. The van der Waals surface area contributed by atoms with Gasteiger partial charge >= 0.3 is 12.2 Å². The van der Waals surface area contributed by atoms with Gasteiger partial charge in [-0.2, -0.15) is 0 Å². The molecule has 4 fully saturated rings. The van der Waals surface area contributed by atoms with Gasteiger partial charge in [0.1, 0.15) is 23.7 Å². The third-order valence-corrected chi connectivity index (χ3v) is 12.0. The highest BCUT2D eigenvalue weighted by molar-refractivity contribution is 5.87. The Balaban J connectivity index is 0.944. The lowest BCUT2D eigenvalue weighted by Crippen LogP contribution is -2.48. The van der Waals surface area contributed by atoms with Crippen LogP contribution in [-0.4, -0.2) is 89.1 Å². The summed E-state index contributed by atoms with van der Waals surface area (Å²) in [5.74, 6) is 1.03. The number of amides is 4. The van der Waals surface area contributed by atoms with Gasteiger partial charge in [0.25, 0.3) is 0 Å². The van der Waals surface area contributed by atoms with Crippen molar-refractivity contribution in [2.45, 2.75) is 89.4 Å². The fraction of sp³-hybridized carbons (Fsp3) is 0.450. The highest BCUT2D eigenvalue weighted by atomic mass is 16.4. The zero-order valence-corrected chi connectivity index (χ0v) is 30.5. The van der Waals surface area contributed by atoms with Crippen LogP contribution in [-0.2, 0) is 9.59 Å². The van der Waals surface area contributed by atoms with Crippen molar-refractivity contribution in [3.8, 4) is 33.6 Å². The molecule has 0 radical (unpaired) electrons. The number of carbonyl (C=O) groups is 4. The SMILES string of the molecule is CC[C@H](NC(=O)O)C(=O)N1CC2(CC2)C[C@H]1c1nc(-c2ccc(-c3ccc(-c4c[nH]c([C@@H]5CC6(CC6)CN5C(=O)[C@H](CC)NC(=O)O)n4)cc3)cc2)c[nH]1. The lowest BCUT2D eigenvalue weighted by atomic mass is 10.0. The topological polar surface area (TPSA) is 197 Å². The predicted octanol–water partition coefficient (Wildman–Crippen LogP) is 6.33. The van der Waals surface area contributed by atoms with Crippen molar-refractivity contribution in [1.82, 2.24) is 40.4 Å². The van der Waals surface area contributed by atoms with E-state index in [1.807, 2.05) is 46.5 Å². The number of likely N-dealkylation sites (tertiary alicyclic amines) is 2. The molecule has 2 aliphatic heterocycles. The van der Waals surface area contributed by atoms with Crippen LogP contribution in [0.2, 0.25) is 0 Å². The molecule has 8 rings (SSSR count). The average molecular weight is 735 g/mol. The summed E-state index contributed by atoms with van der Waals surface area (Å²) in [7, 11) is 0. The Morgan fingerprint density at radius 2 is 1.02 bits per heavy atom. The van der Waals surface area contributed by atoms with E-state index in [4.69, 9.17) is 9.97 Å². The monoisotopic (exact) mass is 734 g/mol. The molecule has 54 heavy (non-hydrogen) atoms. The van der Waals surface area contributed by atoms with Crippen LogP contribution in [0.5, 0.6) is 0 Å². The molecular formula is C40H46N8O6. The van der Waals surface area contributed by atoms with E-state index < -0.39 is 24.3 Å². The fourth-order valence-electron chi connectivity index (χ4n) is 8.50. The first-order valence-electron chi connectivity index (χ1n) is 18.9. The van der Waals surface area contributed by atoms with Gasteiger partial charge in [0, 0.05) is 36.6 Å². The molecule has 2 saturated carbocycles. The molecule has 4 amide bonds. The van der Waals surface area contributed by atoms with Gasteiger partial charge in [-0.05, 0) is 73.3 Å². The van der Waals surface area contributed by atoms with E-state index in [9.17, 15) is 29.4 Å². The number of hydrogen-bond acceptors (Lipinski definition) is 6. The van der Waals surface area contributed by atoms with Crippen molar-refractivity contribution in [3.63, 3.8) is 0 Å². The molecule has 0 unspecified atom stereocenters.